The molecule has 1 unspecified atom stereocenters. The Hall–Kier alpha value is -0.830. The number of nitrogens with zero attached hydrogens (tertiary/aromatic N) is 2. The average Bonchev–Trinajstić information content (AvgIpc) is 2.71. The van der Waals surface area contributed by atoms with E-state index < -0.39 is 0 Å². The first-order valence-corrected chi connectivity index (χ1v) is 7.33. The zero-order valence-corrected chi connectivity index (χ0v) is 12.4. The number of hydrogen-bond acceptors (Lipinski definition) is 2. The molecular weight excluding hydrogens is 222 g/mol. The highest BCUT2D eigenvalue weighted by Gasteiger charge is 2.10. The lowest BCUT2D eigenvalue weighted by Gasteiger charge is -2.20. The summed E-state index contributed by atoms with van der Waals surface area (Å²) in [6.07, 6.45) is 9.97. The highest BCUT2D eigenvalue weighted by atomic mass is 15.0. The standard InChI is InChI=1S/C15H29N3/c1-5-9-16-14(12-13(2)3)7-6-8-15-17-10-11-18(15)4/h10-11,13-14,16H,5-9,12H2,1-4H3. The van der Waals surface area contributed by atoms with E-state index in [0.717, 1.165) is 18.9 Å². The summed E-state index contributed by atoms with van der Waals surface area (Å²) in [7, 11) is 2.07. The Morgan fingerprint density at radius 3 is 2.72 bits per heavy atom. The molecule has 3 heteroatoms. The smallest absolute Gasteiger partial charge is 0.108 e. The van der Waals surface area contributed by atoms with Crippen LogP contribution in [0.25, 0.3) is 0 Å². The number of rotatable bonds is 9. The van der Waals surface area contributed by atoms with Gasteiger partial charge in [0.25, 0.3) is 0 Å². The van der Waals surface area contributed by atoms with Gasteiger partial charge in [-0.1, -0.05) is 20.8 Å². The molecule has 0 bridgehead atoms. The van der Waals surface area contributed by atoms with Gasteiger partial charge in [0.05, 0.1) is 0 Å². The van der Waals surface area contributed by atoms with Crippen molar-refractivity contribution in [1.82, 2.24) is 14.9 Å². The second-order valence-electron chi connectivity index (χ2n) is 5.63. The van der Waals surface area contributed by atoms with Crippen LogP contribution in [0, 0.1) is 5.92 Å². The monoisotopic (exact) mass is 251 g/mol. The molecule has 0 aliphatic carbocycles. The van der Waals surface area contributed by atoms with Crippen molar-refractivity contribution in [2.24, 2.45) is 13.0 Å². The van der Waals surface area contributed by atoms with E-state index in [4.69, 9.17) is 0 Å². The molecule has 0 fully saturated rings. The highest BCUT2D eigenvalue weighted by Crippen LogP contribution is 2.12. The van der Waals surface area contributed by atoms with Crippen LogP contribution in [0.1, 0.15) is 52.3 Å². The molecule has 1 rings (SSSR count). The Labute approximate surface area is 112 Å². The van der Waals surface area contributed by atoms with E-state index in [9.17, 15) is 0 Å². The van der Waals surface area contributed by atoms with E-state index in [1.165, 1.54) is 31.5 Å². The van der Waals surface area contributed by atoms with Crippen molar-refractivity contribution in [2.75, 3.05) is 6.54 Å². The summed E-state index contributed by atoms with van der Waals surface area (Å²) in [5, 5.41) is 3.67. The van der Waals surface area contributed by atoms with Crippen LogP contribution in [0.3, 0.4) is 0 Å². The quantitative estimate of drug-likeness (QED) is 0.730. The van der Waals surface area contributed by atoms with Gasteiger partial charge in [-0.3, -0.25) is 0 Å². The van der Waals surface area contributed by atoms with Crippen molar-refractivity contribution in [3.63, 3.8) is 0 Å². The minimum absolute atomic E-state index is 0.671. The van der Waals surface area contributed by atoms with Gasteiger partial charge in [-0.25, -0.2) is 4.98 Å². The molecule has 1 N–H and O–H groups in total. The first-order chi connectivity index (χ1) is 8.63. The fourth-order valence-electron chi connectivity index (χ4n) is 2.36. The summed E-state index contributed by atoms with van der Waals surface area (Å²) in [6.45, 7) is 7.98. The summed E-state index contributed by atoms with van der Waals surface area (Å²) in [6, 6.07) is 0.671. The molecule has 0 saturated heterocycles. The molecule has 0 radical (unpaired) electrons. The van der Waals surface area contributed by atoms with Crippen LogP contribution in [0.15, 0.2) is 12.4 Å². The molecule has 1 aromatic heterocycles. The van der Waals surface area contributed by atoms with E-state index in [1.807, 2.05) is 12.4 Å². The predicted molar refractivity (Wildman–Crippen MR) is 77.7 cm³/mol. The maximum atomic E-state index is 4.38. The van der Waals surface area contributed by atoms with Gasteiger partial charge in [0.15, 0.2) is 0 Å². The van der Waals surface area contributed by atoms with Gasteiger partial charge in [0.2, 0.25) is 0 Å². The number of aromatic nitrogens is 2. The van der Waals surface area contributed by atoms with Crippen molar-refractivity contribution >= 4 is 0 Å². The lowest BCUT2D eigenvalue weighted by molar-refractivity contribution is 0.389. The van der Waals surface area contributed by atoms with Crippen molar-refractivity contribution in [3.8, 4) is 0 Å². The van der Waals surface area contributed by atoms with Crippen LogP contribution in [-0.2, 0) is 13.5 Å². The molecule has 1 aromatic rings. The molecule has 0 aromatic carbocycles. The fourth-order valence-corrected chi connectivity index (χ4v) is 2.36. The number of imidazole rings is 1. The number of hydrogen-bond donors (Lipinski definition) is 1. The first-order valence-electron chi connectivity index (χ1n) is 7.33. The minimum Gasteiger partial charge on any atom is -0.338 e. The molecule has 0 amide bonds. The second-order valence-corrected chi connectivity index (χ2v) is 5.63. The Morgan fingerprint density at radius 1 is 1.39 bits per heavy atom. The van der Waals surface area contributed by atoms with E-state index in [1.54, 1.807) is 0 Å². The summed E-state index contributed by atoms with van der Waals surface area (Å²) in [5.41, 5.74) is 0. The average molecular weight is 251 g/mol. The van der Waals surface area contributed by atoms with Gasteiger partial charge < -0.3 is 9.88 Å². The fraction of sp³-hybridized carbons (Fsp3) is 0.800. The Morgan fingerprint density at radius 2 is 2.17 bits per heavy atom. The highest BCUT2D eigenvalue weighted by molar-refractivity contribution is 4.91. The van der Waals surface area contributed by atoms with E-state index >= 15 is 0 Å². The third kappa shape index (κ3) is 5.67. The lowest BCUT2D eigenvalue weighted by Crippen LogP contribution is -2.31. The van der Waals surface area contributed by atoms with Crippen LogP contribution in [0.4, 0.5) is 0 Å². The SMILES string of the molecule is CCCNC(CCCc1nccn1C)CC(C)C. The van der Waals surface area contributed by atoms with Crippen molar-refractivity contribution in [2.45, 2.75) is 58.9 Å². The number of aryl methyl sites for hydroxylation is 2. The first kappa shape index (κ1) is 15.2. The molecule has 0 saturated carbocycles. The third-order valence-electron chi connectivity index (χ3n) is 3.31. The molecule has 0 aliphatic heterocycles. The lowest BCUT2D eigenvalue weighted by atomic mass is 9.98. The molecular formula is C15H29N3. The molecule has 0 aliphatic rings. The summed E-state index contributed by atoms with van der Waals surface area (Å²) in [5.74, 6) is 1.97. The van der Waals surface area contributed by atoms with Gasteiger partial charge in [-0.15, -0.1) is 0 Å². The molecule has 18 heavy (non-hydrogen) atoms. The van der Waals surface area contributed by atoms with E-state index in [0.29, 0.717) is 6.04 Å². The third-order valence-corrected chi connectivity index (χ3v) is 3.31. The topological polar surface area (TPSA) is 29.9 Å². The van der Waals surface area contributed by atoms with Crippen molar-refractivity contribution in [1.29, 1.82) is 0 Å². The summed E-state index contributed by atoms with van der Waals surface area (Å²) >= 11 is 0. The van der Waals surface area contributed by atoms with Crippen LogP contribution >= 0.6 is 0 Å². The maximum absolute atomic E-state index is 4.38. The minimum atomic E-state index is 0.671. The van der Waals surface area contributed by atoms with Gasteiger partial charge >= 0.3 is 0 Å². The predicted octanol–water partition coefficient (Wildman–Crippen LogP) is 3.16. The zero-order valence-electron chi connectivity index (χ0n) is 12.4. The normalized spacial score (nSPS) is 13.2. The van der Waals surface area contributed by atoms with Crippen LogP contribution in [0.2, 0.25) is 0 Å². The Kier molecular flexibility index (Phi) is 7.02. The maximum Gasteiger partial charge on any atom is 0.108 e. The van der Waals surface area contributed by atoms with Gasteiger partial charge in [-0.2, -0.15) is 0 Å². The van der Waals surface area contributed by atoms with Crippen LogP contribution in [-0.4, -0.2) is 22.1 Å². The molecule has 1 heterocycles. The largest absolute Gasteiger partial charge is 0.338 e. The van der Waals surface area contributed by atoms with Gasteiger partial charge in [-0.05, 0) is 38.1 Å². The molecule has 3 nitrogen and oxygen atoms in total. The summed E-state index contributed by atoms with van der Waals surface area (Å²) in [4.78, 5) is 4.38. The van der Waals surface area contributed by atoms with Crippen LogP contribution < -0.4 is 5.32 Å². The molecule has 104 valence electrons. The van der Waals surface area contributed by atoms with Crippen molar-refractivity contribution < 1.29 is 0 Å². The zero-order chi connectivity index (χ0) is 13.4. The van der Waals surface area contributed by atoms with E-state index in [2.05, 4.69) is 42.7 Å². The Balaban J connectivity index is 2.30. The molecule has 0 spiro atoms. The van der Waals surface area contributed by atoms with Crippen LogP contribution in [0.5, 0.6) is 0 Å². The van der Waals surface area contributed by atoms with Gasteiger partial charge in [0, 0.05) is 31.9 Å². The molecule has 1 atom stereocenters. The second kappa shape index (κ2) is 8.30. The summed E-state index contributed by atoms with van der Waals surface area (Å²) < 4.78 is 2.12. The number of nitrogens with one attached hydrogen (secondary N) is 1. The van der Waals surface area contributed by atoms with E-state index in [-0.39, 0.29) is 0 Å². The van der Waals surface area contributed by atoms with Gasteiger partial charge in [0.1, 0.15) is 5.82 Å². The Bertz CT molecular complexity index is 317. The van der Waals surface area contributed by atoms with Crippen molar-refractivity contribution in [3.05, 3.63) is 18.2 Å².